The molecule has 6 nitrogen and oxygen atoms in total. The molecule has 0 spiro atoms. The minimum absolute atomic E-state index is 0.318. The number of aromatic nitrogens is 4. The number of hydrogen-bond donors (Lipinski definition) is 1. The monoisotopic (exact) mass is 481 g/mol. The van der Waals surface area contributed by atoms with Crippen molar-refractivity contribution in [3.63, 3.8) is 0 Å². The molecule has 2 aromatic carbocycles. The molecule has 0 aliphatic carbocycles. The van der Waals surface area contributed by atoms with Crippen LogP contribution in [0.3, 0.4) is 0 Å². The van der Waals surface area contributed by atoms with Crippen LogP contribution in [0, 0.1) is 0 Å². The van der Waals surface area contributed by atoms with Gasteiger partial charge in [-0.3, -0.25) is 4.98 Å². The Kier molecular flexibility index (Phi) is 4.61. The van der Waals surface area contributed by atoms with Gasteiger partial charge < -0.3 is 10.1 Å². The van der Waals surface area contributed by atoms with Crippen molar-refractivity contribution in [1.29, 1.82) is 0 Å². The number of pyridine rings is 1. The van der Waals surface area contributed by atoms with Crippen LogP contribution in [-0.4, -0.2) is 19.7 Å². The molecule has 0 saturated carbocycles. The fourth-order valence-electron chi connectivity index (χ4n) is 4.27. The molecule has 0 unspecified atom stereocenters. The lowest BCUT2D eigenvalue weighted by molar-refractivity contribution is 0.223. The van der Waals surface area contributed by atoms with E-state index in [2.05, 4.69) is 20.4 Å². The van der Waals surface area contributed by atoms with E-state index in [1.165, 1.54) is 6.33 Å². The van der Waals surface area contributed by atoms with Crippen molar-refractivity contribution in [3.8, 4) is 5.75 Å². The summed E-state index contributed by atoms with van der Waals surface area (Å²) >= 11 is 19.2. The lowest BCUT2D eigenvalue weighted by Gasteiger charge is -2.39. The SMILES string of the molecule is Clc1ccc([C@@H]2Oc3ccc(Cl)cc3C3=C2[C@H](c2cccnc2)n2ncnc2N3)c(Cl)c1. The van der Waals surface area contributed by atoms with Crippen molar-refractivity contribution in [2.45, 2.75) is 12.1 Å². The largest absolute Gasteiger partial charge is 0.480 e. The van der Waals surface area contributed by atoms with Crippen LogP contribution in [0.4, 0.5) is 5.95 Å². The third kappa shape index (κ3) is 3.06. The van der Waals surface area contributed by atoms with Gasteiger partial charge in [0.05, 0.1) is 5.70 Å². The standard InChI is InChI=1S/C23H14Cl3N5O/c24-13-4-6-18-16(8-13)20-19(22(32-18)15-5-3-14(25)9-17(15)26)21(12-2-1-7-27-10-12)31-23(30-20)28-11-29-31/h1-11,21-22H,(H,28,29,30)/t21-,22-/m0/s1. The maximum absolute atomic E-state index is 6.64. The zero-order valence-corrected chi connectivity index (χ0v) is 18.6. The normalized spacial score (nSPS) is 18.8. The number of anilines is 1. The Hall–Kier alpha value is -3.06. The molecule has 4 aromatic rings. The predicted octanol–water partition coefficient (Wildman–Crippen LogP) is 6.19. The molecule has 0 saturated heterocycles. The quantitative estimate of drug-likeness (QED) is 0.369. The zero-order valence-electron chi connectivity index (χ0n) is 16.3. The summed E-state index contributed by atoms with van der Waals surface area (Å²) in [6, 6.07) is 14.5. The molecule has 0 fully saturated rings. The second-order valence-electron chi connectivity index (χ2n) is 7.48. The maximum atomic E-state index is 6.64. The second-order valence-corrected chi connectivity index (χ2v) is 8.76. The van der Waals surface area contributed by atoms with Crippen LogP contribution in [0.2, 0.25) is 15.1 Å². The predicted molar refractivity (Wildman–Crippen MR) is 124 cm³/mol. The highest BCUT2D eigenvalue weighted by atomic mass is 35.5. The van der Waals surface area contributed by atoms with E-state index in [0.29, 0.717) is 26.8 Å². The van der Waals surface area contributed by atoms with Gasteiger partial charge in [0, 0.05) is 44.2 Å². The van der Waals surface area contributed by atoms with E-state index in [0.717, 1.165) is 28.0 Å². The van der Waals surface area contributed by atoms with E-state index >= 15 is 0 Å². The molecule has 4 heterocycles. The third-order valence-electron chi connectivity index (χ3n) is 5.62. The molecule has 0 amide bonds. The van der Waals surface area contributed by atoms with Gasteiger partial charge in [-0.2, -0.15) is 10.1 Å². The van der Waals surface area contributed by atoms with Crippen LogP contribution < -0.4 is 10.1 Å². The molecule has 2 atom stereocenters. The first-order valence-corrected chi connectivity index (χ1v) is 11.0. The van der Waals surface area contributed by atoms with Gasteiger partial charge in [-0.05, 0) is 42.0 Å². The van der Waals surface area contributed by atoms with E-state index < -0.39 is 6.10 Å². The number of hydrogen-bond acceptors (Lipinski definition) is 5. The van der Waals surface area contributed by atoms with Gasteiger partial charge >= 0.3 is 0 Å². The van der Waals surface area contributed by atoms with Crippen LogP contribution in [0.25, 0.3) is 5.70 Å². The van der Waals surface area contributed by atoms with Crippen molar-refractivity contribution in [2.75, 3.05) is 5.32 Å². The van der Waals surface area contributed by atoms with E-state index in [4.69, 9.17) is 39.5 Å². The van der Waals surface area contributed by atoms with E-state index in [-0.39, 0.29) is 6.04 Å². The summed E-state index contributed by atoms with van der Waals surface area (Å²) in [6.45, 7) is 0. The Balaban J connectivity index is 1.65. The van der Waals surface area contributed by atoms with Crippen LogP contribution in [-0.2, 0) is 0 Å². The summed E-state index contributed by atoms with van der Waals surface area (Å²) in [6.07, 6.45) is 4.58. The van der Waals surface area contributed by atoms with Crippen LogP contribution in [0.5, 0.6) is 5.75 Å². The average Bonchev–Trinajstić information content (AvgIpc) is 3.26. The van der Waals surface area contributed by atoms with Gasteiger partial charge in [0.1, 0.15) is 18.1 Å². The Bertz CT molecular complexity index is 1390. The Morgan fingerprint density at radius 3 is 2.66 bits per heavy atom. The molecule has 2 aliphatic heterocycles. The number of rotatable bonds is 2. The topological polar surface area (TPSA) is 64.9 Å². The maximum Gasteiger partial charge on any atom is 0.226 e. The molecule has 0 radical (unpaired) electrons. The third-order valence-corrected chi connectivity index (χ3v) is 6.42. The number of benzene rings is 2. The minimum atomic E-state index is -0.501. The first-order valence-electron chi connectivity index (χ1n) is 9.82. The number of ether oxygens (including phenoxy) is 1. The molecule has 2 aromatic heterocycles. The van der Waals surface area contributed by atoms with Crippen LogP contribution in [0.15, 0.2) is 72.8 Å². The second kappa shape index (κ2) is 7.52. The molecular formula is C23H14Cl3N5O. The van der Waals surface area contributed by atoms with Gasteiger partial charge in [-0.1, -0.05) is 46.9 Å². The van der Waals surface area contributed by atoms with Gasteiger partial charge in [0.25, 0.3) is 0 Å². The highest BCUT2D eigenvalue weighted by molar-refractivity contribution is 6.35. The summed E-state index contributed by atoms with van der Waals surface area (Å²) in [4.78, 5) is 8.74. The summed E-state index contributed by atoms with van der Waals surface area (Å²) in [5, 5.41) is 9.60. The Morgan fingerprint density at radius 1 is 1.00 bits per heavy atom. The molecule has 158 valence electrons. The van der Waals surface area contributed by atoms with E-state index in [9.17, 15) is 0 Å². The van der Waals surface area contributed by atoms with Crippen LogP contribution >= 0.6 is 34.8 Å². The van der Waals surface area contributed by atoms with Crippen molar-refractivity contribution < 1.29 is 4.74 Å². The minimum Gasteiger partial charge on any atom is -0.480 e. The average molecular weight is 483 g/mol. The lowest BCUT2D eigenvalue weighted by Crippen LogP contribution is -2.32. The molecule has 6 rings (SSSR count). The highest BCUT2D eigenvalue weighted by Crippen LogP contribution is 2.51. The first-order chi connectivity index (χ1) is 15.6. The fraction of sp³-hybridized carbons (Fsp3) is 0.0870. The molecule has 0 bridgehead atoms. The number of nitrogens with zero attached hydrogens (tertiary/aromatic N) is 4. The number of nitrogens with one attached hydrogen (secondary N) is 1. The van der Waals surface area contributed by atoms with Gasteiger partial charge in [-0.15, -0.1) is 0 Å². The summed E-state index contributed by atoms with van der Waals surface area (Å²) < 4.78 is 8.37. The summed E-state index contributed by atoms with van der Waals surface area (Å²) in [5.74, 6) is 1.31. The van der Waals surface area contributed by atoms with Crippen molar-refractivity contribution in [1.82, 2.24) is 19.7 Å². The smallest absolute Gasteiger partial charge is 0.226 e. The van der Waals surface area contributed by atoms with E-state index in [1.807, 2.05) is 41.2 Å². The van der Waals surface area contributed by atoms with Gasteiger partial charge in [-0.25, -0.2) is 4.68 Å². The van der Waals surface area contributed by atoms with Gasteiger partial charge in [0.15, 0.2) is 6.10 Å². The summed E-state index contributed by atoms with van der Waals surface area (Å²) in [5.41, 5.74) is 4.37. The highest BCUT2D eigenvalue weighted by Gasteiger charge is 2.41. The molecule has 32 heavy (non-hydrogen) atoms. The Labute approximate surface area is 198 Å². The van der Waals surface area contributed by atoms with Crippen LogP contribution in [0.1, 0.15) is 28.8 Å². The van der Waals surface area contributed by atoms with Gasteiger partial charge in [0.2, 0.25) is 5.95 Å². The lowest BCUT2D eigenvalue weighted by atomic mass is 9.85. The van der Waals surface area contributed by atoms with Crippen molar-refractivity contribution >= 4 is 46.4 Å². The Morgan fingerprint density at radius 2 is 1.84 bits per heavy atom. The first kappa shape index (κ1) is 19.6. The number of fused-ring (bicyclic) bond motifs is 3. The summed E-state index contributed by atoms with van der Waals surface area (Å²) in [7, 11) is 0. The zero-order chi connectivity index (χ0) is 21.8. The number of halogens is 3. The fourth-order valence-corrected chi connectivity index (χ4v) is 4.95. The molecule has 9 heteroatoms. The molecular weight excluding hydrogens is 469 g/mol. The molecule has 1 N–H and O–H groups in total. The van der Waals surface area contributed by atoms with Crippen molar-refractivity contribution in [3.05, 3.63) is 105 Å². The van der Waals surface area contributed by atoms with E-state index in [1.54, 1.807) is 24.4 Å². The molecule has 2 aliphatic rings. The van der Waals surface area contributed by atoms with Crippen molar-refractivity contribution in [2.24, 2.45) is 0 Å².